The van der Waals surface area contributed by atoms with Crippen LogP contribution in [0, 0.1) is 0 Å². The smallest absolute Gasteiger partial charge is 0.261 e. The number of hydrogen-bond donors (Lipinski definition) is 0. The van der Waals surface area contributed by atoms with Crippen LogP contribution in [0.5, 0.6) is 11.5 Å². The Morgan fingerprint density at radius 3 is 2.77 bits per heavy atom. The first-order valence-electron chi connectivity index (χ1n) is 10.8. The lowest BCUT2D eigenvalue weighted by molar-refractivity contribution is 0.279. The van der Waals surface area contributed by atoms with Crippen LogP contribution in [0.4, 0.5) is 0 Å². The maximum absolute atomic E-state index is 13.7. The van der Waals surface area contributed by atoms with Gasteiger partial charge < -0.3 is 18.9 Å². The van der Waals surface area contributed by atoms with Crippen molar-refractivity contribution >= 4 is 16.6 Å². The minimum absolute atomic E-state index is 0.0301. The van der Waals surface area contributed by atoms with E-state index in [2.05, 4.69) is 41.5 Å². The molecule has 0 bridgehead atoms. The van der Waals surface area contributed by atoms with E-state index in [0.717, 1.165) is 49.0 Å². The summed E-state index contributed by atoms with van der Waals surface area (Å²) in [6.45, 7) is 6.80. The van der Waals surface area contributed by atoms with E-state index in [-0.39, 0.29) is 5.56 Å². The Labute approximate surface area is 181 Å². The van der Waals surface area contributed by atoms with Gasteiger partial charge in [0.05, 0.1) is 30.5 Å². The van der Waals surface area contributed by atoms with Crippen LogP contribution in [0.3, 0.4) is 0 Å². The minimum Gasteiger partial charge on any atom is -0.493 e. The summed E-state index contributed by atoms with van der Waals surface area (Å²) in [7, 11) is 1.63. The Kier molecular flexibility index (Phi) is 5.05. The van der Waals surface area contributed by atoms with Crippen molar-refractivity contribution in [2.24, 2.45) is 0 Å². The second kappa shape index (κ2) is 8.01. The Hall–Kier alpha value is -3.43. The number of ether oxygens (including phenoxy) is 2. The standard InChI is InChI=1S/C26H26N2O3/c1-3-22(27-14-12-18-8-4-5-9-20(18)17-27)21-16-19-10-11-23(30-2)25-24(19)28(26(21)29)13-6-7-15-31-25/h4-5,8-11,16H,1,6-7,12-15,17H2,2H3. The molecular weight excluding hydrogens is 388 g/mol. The molecule has 3 heterocycles. The van der Waals surface area contributed by atoms with Gasteiger partial charge in [-0.2, -0.15) is 0 Å². The topological polar surface area (TPSA) is 43.7 Å². The molecule has 5 nitrogen and oxygen atoms in total. The quantitative estimate of drug-likeness (QED) is 0.597. The van der Waals surface area contributed by atoms with E-state index in [0.29, 0.717) is 30.2 Å². The lowest BCUT2D eigenvalue weighted by Crippen LogP contribution is -2.33. The molecule has 0 saturated heterocycles. The highest BCUT2D eigenvalue weighted by molar-refractivity contribution is 5.90. The summed E-state index contributed by atoms with van der Waals surface area (Å²) in [6.07, 6.45) is 2.72. The number of nitrogens with zero attached hydrogens (tertiary/aromatic N) is 2. The molecular formula is C26H26N2O3. The third-order valence-electron chi connectivity index (χ3n) is 6.28. The van der Waals surface area contributed by atoms with Crippen molar-refractivity contribution in [3.8, 4) is 11.5 Å². The first kappa shape index (κ1) is 19.5. The highest BCUT2D eigenvalue weighted by Crippen LogP contribution is 2.37. The van der Waals surface area contributed by atoms with Gasteiger partial charge in [0.1, 0.15) is 0 Å². The fourth-order valence-corrected chi connectivity index (χ4v) is 4.72. The van der Waals surface area contributed by atoms with E-state index in [1.54, 1.807) is 7.11 Å². The molecule has 31 heavy (non-hydrogen) atoms. The van der Waals surface area contributed by atoms with Crippen LogP contribution in [-0.2, 0) is 19.5 Å². The second-order valence-corrected chi connectivity index (χ2v) is 8.07. The summed E-state index contributed by atoms with van der Waals surface area (Å²) in [5, 5.41) is 0.956. The van der Waals surface area contributed by atoms with Crippen LogP contribution >= 0.6 is 0 Å². The van der Waals surface area contributed by atoms with Gasteiger partial charge >= 0.3 is 0 Å². The van der Waals surface area contributed by atoms with Gasteiger partial charge in [-0.1, -0.05) is 30.8 Å². The van der Waals surface area contributed by atoms with Crippen LogP contribution in [0.25, 0.3) is 16.6 Å². The molecule has 158 valence electrons. The molecule has 0 atom stereocenters. The summed E-state index contributed by atoms with van der Waals surface area (Å²) in [5.41, 5.74) is 7.92. The predicted octanol–water partition coefficient (Wildman–Crippen LogP) is 4.37. The van der Waals surface area contributed by atoms with Crippen LogP contribution in [0.15, 0.2) is 59.6 Å². The van der Waals surface area contributed by atoms with Gasteiger partial charge in [0, 0.05) is 25.0 Å². The molecule has 5 heteroatoms. The first-order chi connectivity index (χ1) is 15.2. The van der Waals surface area contributed by atoms with Gasteiger partial charge in [0.15, 0.2) is 11.5 Å². The van der Waals surface area contributed by atoms with E-state index >= 15 is 0 Å². The van der Waals surface area contributed by atoms with Crippen molar-refractivity contribution < 1.29 is 9.47 Å². The first-order valence-corrected chi connectivity index (χ1v) is 10.8. The van der Waals surface area contributed by atoms with Crippen LogP contribution in [-0.4, -0.2) is 29.7 Å². The number of rotatable bonds is 3. The van der Waals surface area contributed by atoms with E-state index in [9.17, 15) is 4.79 Å². The van der Waals surface area contributed by atoms with Gasteiger partial charge in [-0.3, -0.25) is 4.79 Å². The van der Waals surface area contributed by atoms with Gasteiger partial charge in [-0.15, -0.1) is 5.73 Å². The van der Waals surface area contributed by atoms with E-state index in [1.165, 1.54) is 11.1 Å². The van der Waals surface area contributed by atoms with Crippen molar-refractivity contribution in [1.29, 1.82) is 0 Å². The predicted molar refractivity (Wildman–Crippen MR) is 123 cm³/mol. The lowest BCUT2D eigenvalue weighted by atomic mass is 9.98. The third-order valence-corrected chi connectivity index (χ3v) is 6.28. The van der Waals surface area contributed by atoms with Crippen molar-refractivity contribution in [3.05, 3.63) is 81.8 Å². The van der Waals surface area contributed by atoms with Crippen molar-refractivity contribution in [2.75, 3.05) is 20.3 Å². The summed E-state index contributed by atoms with van der Waals surface area (Å²) in [4.78, 5) is 15.9. The molecule has 2 aliphatic rings. The number of pyridine rings is 1. The Bertz CT molecular complexity index is 1270. The molecule has 0 aliphatic carbocycles. The largest absolute Gasteiger partial charge is 0.493 e. The number of hydrogen-bond acceptors (Lipinski definition) is 4. The van der Waals surface area contributed by atoms with Crippen molar-refractivity contribution in [2.45, 2.75) is 32.4 Å². The molecule has 5 rings (SSSR count). The summed E-state index contributed by atoms with van der Waals surface area (Å²) >= 11 is 0. The van der Waals surface area contributed by atoms with Gasteiger partial charge in [0.2, 0.25) is 0 Å². The molecule has 0 fully saturated rings. The van der Waals surface area contributed by atoms with Crippen LogP contribution < -0.4 is 15.0 Å². The van der Waals surface area contributed by atoms with Crippen LogP contribution in [0.2, 0.25) is 0 Å². The zero-order valence-electron chi connectivity index (χ0n) is 17.8. The normalized spacial score (nSPS) is 15.3. The summed E-state index contributed by atoms with van der Waals surface area (Å²) in [5.74, 6) is 1.31. The molecule has 0 saturated carbocycles. The van der Waals surface area contributed by atoms with Gasteiger partial charge in [-0.05, 0) is 48.6 Å². The van der Waals surface area contributed by atoms with Crippen molar-refractivity contribution in [1.82, 2.24) is 9.47 Å². The SMILES string of the molecule is C=C=C(c1cc2ccc(OC)c3c2n(c1=O)CCCCO3)N1CCc2ccccc2C1. The maximum Gasteiger partial charge on any atom is 0.261 e. The highest BCUT2D eigenvalue weighted by Gasteiger charge is 2.24. The maximum atomic E-state index is 13.7. The fraction of sp³-hybridized carbons (Fsp3) is 0.308. The highest BCUT2D eigenvalue weighted by atomic mass is 16.5. The Balaban J connectivity index is 1.66. The average molecular weight is 415 g/mol. The third kappa shape index (κ3) is 3.31. The summed E-state index contributed by atoms with van der Waals surface area (Å²) < 4.78 is 13.4. The van der Waals surface area contributed by atoms with E-state index in [1.807, 2.05) is 22.8 Å². The number of methoxy groups -OCH3 is 1. The Morgan fingerprint density at radius 2 is 1.97 bits per heavy atom. The molecule has 0 unspecified atom stereocenters. The second-order valence-electron chi connectivity index (χ2n) is 8.07. The number of benzene rings is 2. The van der Waals surface area contributed by atoms with Gasteiger partial charge in [0.25, 0.3) is 5.56 Å². The average Bonchev–Trinajstić information content (AvgIpc) is 2.78. The lowest BCUT2D eigenvalue weighted by Gasteiger charge is -2.32. The number of aryl methyl sites for hydroxylation is 1. The minimum atomic E-state index is -0.0301. The molecule has 0 radical (unpaired) electrons. The van der Waals surface area contributed by atoms with Crippen LogP contribution in [0.1, 0.15) is 29.5 Å². The molecule has 2 aliphatic heterocycles. The van der Waals surface area contributed by atoms with E-state index < -0.39 is 0 Å². The molecule has 1 aromatic heterocycles. The molecule has 0 amide bonds. The number of aromatic nitrogens is 1. The molecule has 3 aromatic rings. The zero-order chi connectivity index (χ0) is 21.4. The zero-order valence-corrected chi connectivity index (χ0v) is 17.8. The molecule has 2 aromatic carbocycles. The molecule has 0 N–H and O–H groups in total. The Morgan fingerprint density at radius 1 is 1.13 bits per heavy atom. The summed E-state index contributed by atoms with van der Waals surface area (Å²) in [6, 6.07) is 14.3. The fourth-order valence-electron chi connectivity index (χ4n) is 4.72. The monoisotopic (exact) mass is 414 g/mol. The number of fused-ring (bicyclic) bond motifs is 1. The van der Waals surface area contributed by atoms with Crippen molar-refractivity contribution in [3.63, 3.8) is 0 Å². The molecule has 0 spiro atoms. The van der Waals surface area contributed by atoms with Gasteiger partial charge in [-0.25, -0.2) is 0 Å². The van der Waals surface area contributed by atoms with E-state index in [4.69, 9.17) is 9.47 Å².